The summed E-state index contributed by atoms with van der Waals surface area (Å²) in [4.78, 5) is 13.1. The Hall–Kier alpha value is -1.01. The molecular formula is C11H14Cl2N2O3. The molecule has 0 saturated heterocycles. The molecule has 0 atom stereocenters. The fourth-order valence-corrected chi connectivity index (χ4v) is 1.80. The van der Waals surface area contributed by atoms with E-state index < -0.39 is 6.03 Å². The van der Waals surface area contributed by atoms with Crippen molar-refractivity contribution >= 4 is 34.9 Å². The molecule has 5 nitrogen and oxygen atoms in total. The highest BCUT2D eigenvalue weighted by Crippen LogP contribution is 2.25. The third kappa shape index (κ3) is 4.34. The Bertz CT molecular complexity index is 409. The second kappa shape index (κ2) is 7.43. The van der Waals surface area contributed by atoms with E-state index >= 15 is 0 Å². The Balaban J connectivity index is 2.72. The summed E-state index contributed by atoms with van der Waals surface area (Å²) < 4.78 is 0. The molecule has 0 unspecified atom stereocenters. The molecule has 1 aromatic carbocycles. The number of rotatable bonds is 5. The summed E-state index contributed by atoms with van der Waals surface area (Å²) in [6, 6.07) is 4.26. The van der Waals surface area contributed by atoms with Gasteiger partial charge in [-0.05, 0) is 18.2 Å². The van der Waals surface area contributed by atoms with E-state index in [1.165, 1.54) is 11.0 Å². The lowest BCUT2D eigenvalue weighted by Crippen LogP contribution is -2.39. The number of hydrogen-bond donors (Lipinski definition) is 3. The molecule has 0 spiro atoms. The van der Waals surface area contributed by atoms with Crippen LogP contribution in [0, 0.1) is 0 Å². The Morgan fingerprint density at radius 1 is 1.22 bits per heavy atom. The van der Waals surface area contributed by atoms with E-state index in [0.717, 1.165) is 0 Å². The summed E-state index contributed by atoms with van der Waals surface area (Å²) in [6.45, 7) is -0.0846. The standard InChI is InChI=1S/C11H14Cl2N2O3/c12-8-1-2-10(9(13)7-8)14-11(18)15(3-5-16)4-6-17/h1-2,7,16-17H,3-6H2,(H,14,18). The highest BCUT2D eigenvalue weighted by Gasteiger charge is 2.13. The Morgan fingerprint density at radius 2 is 1.83 bits per heavy atom. The predicted molar refractivity (Wildman–Crippen MR) is 71.2 cm³/mol. The zero-order valence-electron chi connectivity index (χ0n) is 9.57. The van der Waals surface area contributed by atoms with Crippen molar-refractivity contribution in [1.29, 1.82) is 0 Å². The first-order chi connectivity index (χ1) is 8.58. The van der Waals surface area contributed by atoms with Crippen LogP contribution in [0.4, 0.5) is 10.5 Å². The molecule has 0 heterocycles. The van der Waals surface area contributed by atoms with Gasteiger partial charge in [-0.2, -0.15) is 0 Å². The number of amides is 2. The van der Waals surface area contributed by atoms with Gasteiger partial charge in [-0.15, -0.1) is 0 Å². The maximum Gasteiger partial charge on any atom is 0.322 e. The van der Waals surface area contributed by atoms with Crippen molar-refractivity contribution in [3.05, 3.63) is 28.2 Å². The monoisotopic (exact) mass is 292 g/mol. The lowest BCUT2D eigenvalue weighted by Gasteiger charge is -2.21. The largest absolute Gasteiger partial charge is 0.395 e. The lowest BCUT2D eigenvalue weighted by molar-refractivity contribution is 0.167. The topological polar surface area (TPSA) is 72.8 Å². The molecule has 1 aromatic rings. The fourth-order valence-electron chi connectivity index (χ4n) is 1.34. The number of carbonyl (C=O) groups is 1. The van der Waals surface area contributed by atoms with Crippen LogP contribution >= 0.6 is 23.2 Å². The number of carbonyl (C=O) groups excluding carboxylic acids is 1. The molecule has 18 heavy (non-hydrogen) atoms. The minimum Gasteiger partial charge on any atom is -0.395 e. The molecular weight excluding hydrogens is 279 g/mol. The number of aliphatic hydroxyl groups is 2. The average Bonchev–Trinajstić information content (AvgIpc) is 2.32. The zero-order chi connectivity index (χ0) is 13.5. The molecule has 7 heteroatoms. The second-order valence-electron chi connectivity index (χ2n) is 3.49. The number of benzene rings is 1. The molecule has 0 saturated carbocycles. The van der Waals surface area contributed by atoms with E-state index in [1.54, 1.807) is 12.1 Å². The second-order valence-corrected chi connectivity index (χ2v) is 4.33. The number of urea groups is 1. The number of nitrogens with one attached hydrogen (secondary N) is 1. The van der Waals surface area contributed by atoms with Gasteiger partial charge >= 0.3 is 6.03 Å². The molecule has 100 valence electrons. The van der Waals surface area contributed by atoms with Crippen LogP contribution in [0.1, 0.15) is 0 Å². The molecule has 0 fully saturated rings. The summed E-state index contributed by atoms with van der Waals surface area (Å²) in [5.41, 5.74) is 0.423. The number of anilines is 1. The van der Waals surface area contributed by atoms with Gasteiger partial charge in [-0.25, -0.2) is 4.79 Å². The van der Waals surface area contributed by atoms with Crippen LogP contribution in [0.5, 0.6) is 0 Å². The predicted octanol–water partition coefficient (Wildman–Crippen LogP) is 1.81. The quantitative estimate of drug-likeness (QED) is 0.775. The summed E-state index contributed by atoms with van der Waals surface area (Å²) in [7, 11) is 0. The van der Waals surface area contributed by atoms with Crippen molar-refractivity contribution in [2.75, 3.05) is 31.6 Å². The summed E-state index contributed by atoms with van der Waals surface area (Å²) >= 11 is 11.7. The maximum absolute atomic E-state index is 11.8. The first-order valence-electron chi connectivity index (χ1n) is 5.31. The van der Waals surface area contributed by atoms with Crippen molar-refractivity contribution < 1.29 is 15.0 Å². The van der Waals surface area contributed by atoms with Crippen molar-refractivity contribution in [2.45, 2.75) is 0 Å². The first-order valence-corrected chi connectivity index (χ1v) is 6.06. The summed E-state index contributed by atoms with van der Waals surface area (Å²) in [6.07, 6.45) is 0. The molecule has 3 N–H and O–H groups in total. The van der Waals surface area contributed by atoms with Crippen LogP contribution < -0.4 is 5.32 Å². The minimum absolute atomic E-state index is 0.137. The van der Waals surface area contributed by atoms with Gasteiger partial charge in [-0.1, -0.05) is 23.2 Å². The van der Waals surface area contributed by atoms with Gasteiger partial charge in [0, 0.05) is 18.1 Å². The van der Waals surface area contributed by atoms with Gasteiger partial charge < -0.3 is 20.4 Å². The van der Waals surface area contributed by atoms with Crippen LogP contribution in [-0.4, -0.2) is 47.4 Å². The van der Waals surface area contributed by atoms with Gasteiger partial charge in [0.05, 0.1) is 23.9 Å². The summed E-state index contributed by atoms with van der Waals surface area (Å²) in [5, 5.41) is 21.0. The number of aliphatic hydroxyl groups excluding tert-OH is 2. The Morgan fingerprint density at radius 3 is 2.33 bits per heavy atom. The first kappa shape index (κ1) is 15.0. The summed E-state index contributed by atoms with van der Waals surface area (Å²) in [5.74, 6) is 0. The maximum atomic E-state index is 11.8. The van der Waals surface area contributed by atoms with Gasteiger partial charge in [-0.3, -0.25) is 0 Å². The van der Waals surface area contributed by atoms with Crippen molar-refractivity contribution in [2.24, 2.45) is 0 Å². The van der Waals surface area contributed by atoms with Gasteiger partial charge in [0.15, 0.2) is 0 Å². The molecule has 0 aromatic heterocycles. The molecule has 0 aliphatic carbocycles. The van der Waals surface area contributed by atoms with Crippen molar-refractivity contribution in [3.8, 4) is 0 Å². The van der Waals surface area contributed by atoms with Gasteiger partial charge in [0.1, 0.15) is 0 Å². The molecule has 1 rings (SSSR count). The van der Waals surface area contributed by atoms with Crippen LogP contribution in [0.15, 0.2) is 18.2 Å². The molecule has 0 aliphatic heterocycles. The molecule has 0 aliphatic rings. The van der Waals surface area contributed by atoms with E-state index in [2.05, 4.69) is 5.32 Å². The van der Waals surface area contributed by atoms with Crippen molar-refractivity contribution in [3.63, 3.8) is 0 Å². The molecule has 0 radical (unpaired) electrons. The molecule has 2 amide bonds. The highest BCUT2D eigenvalue weighted by atomic mass is 35.5. The number of hydrogen-bond acceptors (Lipinski definition) is 3. The van der Waals surface area contributed by atoms with Crippen LogP contribution in [0.25, 0.3) is 0 Å². The number of nitrogens with zero attached hydrogens (tertiary/aromatic N) is 1. The Kier molecular flexibility index (Phi) is 6.21. The lowest BCUT2D eigenvalue weighted by atomic mass is 10.3. The van der Waals surface area contributed by atoms with E-state index in [0.29, 0.717) is 15.7 Å². The van der Waals surface area contributed by atoms with E-state index in [1.807, 2.05) is 0 Å². The minimum atomic E-state index is -0.442. The van der Waals surface area contributed by atoms with Crippen LogP contribution in [0.3, 0.4) is 0 Å². The SMILES string of the molecule is O=C(Nc1ccc(Cl)cc1Cl)N(CCO)CCO. The number of halogens is 2. The normalized spacial score (nSPS) is 10.2. The van der Waals surface area contributed by atoms with Gasteiger partial charge in [0.2, 0.25) is 0 Å². The molecule has 0 bridgehead atoms. The fraction of sp³-hybridized carbons (Fsp3) is 0.364. The zero-order valence-corrected chi connectivity index (χ0v) is 11.1. The Labute approximate surface area is 115 Å². The van der Waals surface area contributed by atoms with E-state index in [4.69, 9.17) is 33.4 Å². The highest BCUT2D eigenvalue weighted by molar-refractivity contribution is 6.36. The van der Waals surface area contributed by atoms with Crippen molar-refractivity contribution in [1.82, 2.24) is 4.90 Å². The third-order valence-corrected chi connectivity index (χ3v) is 2.75. The van der Waals surface area contributed by atoms with Crippen LogP contribution in [-0.2, 0) is 0 Å². The van der Waals surface area contributed by atoms with E-state index in [-0.39, 0.29) is 26.3 Å². The van der Waals surface area contributed by atoms with Crippen LogP contribution in [0.2, 0.25) is 10.0 Å². The van der Waals surface area contributed by atoms with Gasteiger partial charge in [0.25, 0.3) is 0 Å². The van der Waals surface area contributed by atoms with E-state index in [9.17, 15) is 4.79 Å². The third-order valence-electron chi connectivity index (χ3n) is 2.20. The average molecular weight is 293 g/mol. The smallest absolute Gasteiger partial charge is 0.322 e.